The van der Waals surface area contributed by atoms with Gasteiger partial charge in [0.15, 0.2) is 0 Å². The van der Waals surface area contributed by atoms with Crippen molar-refractivity contribution in [2.45, 2.75) is 91.1 Å². The van der Waals surface area contributed by atoms with Crippen molar-refractivity contribution in [1.29, 1.82) is 0 Å². The first kappa shape index (κ1) is 42.3. The Bertz CT molecular complexity index is 3140. The second-order valence-corrected chi connectivity index (χ2v) is 24.2. The summed E-state index contributed by atoms with van der Waals surface area (Å²) in [6.07, 6.45) is 3.40. The number of piperazine rings is 2. The minimum atomic E-state index is -6.23. The van der Waals surface area contributed by atoms with Crippen LogP contribution in [0.1, 0.15) is 86.2 Å². The lowest BCUT2D eigenvalue weighted by Gasteiger charge is -2.42. The molecule has 1 atom stereocenters. The lowest BCUT2D eigenvalue weighted by atomic mass is 9.78. The van der Waals surface area contributed by atoms with E-state index in [9.17, 15) is 34.8 Å². The van der Waals surface area contributed by atoms with Crippen LogP contribution in [0.2, 0.25) is 5.02 Å². The Morgan fingerprint density at radius 3 is 2.17 bits per heavy atom. The first-order valence-electron chi connectivity index (χ1n) is 26.9. The van der Waals surface area contributed by atoms with E-state index < -0.39 is 102 Å². The highest BCUT2D eigenvalue weighted by Gasteiger charge is 2.49. The van der Waals surface area contributed by atoms with E-state index in [0.29, 0.717) is 54.3 Å². The molecule has 4 aromatic rings. The zero-order chi connectivity index (χ0) is 57.2. The number of nitrogens with one attached hydrogen (secondary N) is 2. The van der Waals surface area contributed by atoms with Gasteiger partial charge in [-0.25, -0.2) is 25.9 Å². The van der Waals surface area contributed by atoms with Gasteiger partial charge < -0.3 is 15.1 Å². The first-order valence-corrected chi connectivity index (χ1v) is 27.2. The van der Waals surface area contributed by atoms with Crippen molar-refractivity contribution < 1.29 is 50.2 Å². The minimum Gasteiger partial charge on any atom is -0.380 e. The molecule has 11 nitrogen and oxygen atoms in total. The number of carbonyl (C=O) groups is 1. The van der Waals surface area contributed by atoms with Gasteiger partial charge in [0.1, 0.15) is 10.7 Å². The molecule has 1 saturated carbocycles. The summed E-state index contributed by atoms with van der Waals surface area (Å²) in [5.41, 5.74) is -6.49. The molecule has 2 aliphatic heterocycles. The summed E-state index contributed by atoms with van der Waals surface area (Å²) in [6, 6.07) is 18.4. The SMILES string of the molecule is [2H]C1([2H])N(CC2=C(c3ccc(Cl)cc3F)CCC3(CC3)C2)C([2H])([2H])C([2H])([2H])N(c2ccc(C(=O)NS(=O)(=O)c3ccc(NC(CCN4CCN(C(C)(C)C)CC4)CSc4ccccc4)c(S(=O)(=O)C(F)(F)F)c3)cc2)C1([2H])[2H]. The maximum Gasteiger partial charge on any atom is 0.501 e. The summed E-state index contributed by atoms with van der Waals surface area (Å²) in [5, 5.41) is 3.10. The summed E-state index contributed by atoms with van der Waals surface area (Å²) in [6.45, 7) is -4.02. The molecule has 0 aromatic heterocycles. The van der Waals surface area contributed by atoms with Crippen LogP contribution < -0.4 is 14.9 Å². The zero-order valence-corrected chi connectivity index (χ0v) is 42.1. The van der Waals surface area contributed by atoms with Crippen molar-refractivity contribution >= 4 is 66.1 Å². The maximum atomic E-state index is 15.4. The molecule has 2 N–H and O–H groups in total. The van der Waals surface area contributed by atoms with E-state index in [1.54, 1.807) is 4.72 Å². The van der Waals surface area contributed by atoms with Crippen molar-refractivity contribution in [1.82, 2.24) is 19.4 Å². The van der Waals surface area contributed by atoms with Gasteiger partial charge in [0.2, 0.25) is 0 Å². The molecule has 0 radical (unpaired) electrons. The number of rotatable bonds is 16. The highest BCUT2D eigenvalue weighted by atomic mass is 35.5. The number of sulfone groups is 1. The van der Waals surface area contributed by atoms with E-state index in [0.717, 1.165) is 86.4 Å². The third-order valence-corrected chi connectivity index (χ3v) is 17.5. The number of alkyl halides is 3. The highest BCUT2D eigenvalue weighted by molar-refractivity contribution is 7.99. The van der Waals surface area contributed by atoms with Crippen LogP contribution in [0, 0.1) is 11.2 Å². The lowest BCUT2D eigenvalue weighted by molar-refractivity contribution is -0.0435. The van der Waals surface area contributed by atoms with Gasteiger partial charge in [0, 0.05) is 115 Å². The number of thioether (sulfide) groups is 1. The summed E-state index contributed by atoms with van der Waals surface area (Å²) in [7, 11) is -11.4. The number of anilines is 2. The van der Waals surface area contributed by atoms with Gasteiger partial charge in [-0.05, 0) is 137 Å². The molecule has 1 spiro atoms. The van der Waals surface area contributed by atoms with Gasteiger partial charge in [-0.1, -0.05) is 41.4 Å². The molecule has 3 fully saturated rings. The van der Waals surface area contributed by atoms with E-state index in [4.69, 9.17) is 22.6 Å². The highest BCUT2D eigenvalue weighted by Crippen LogP contribution is 2.58. The fraction of sp³-hybridized carbons (Fsp3) is 0.471. The van der Waals surface area contributed by atoms with Crippen LogP contribution in [0.4, 0.5) is 28.9 Å². The van der Waals surface area contributed by atoms with E-state index in [1.807, 2.05) is 30.3 Å². The Hall–Kier alpha value is -4.17. The first-order chi connectivity index (χ1) is 36.1. The van der Waals surface area contributed by atoms with Crippen molar-refractivity contribution in [3.05, 3.63) is 119 Å². The molecule has 2 aliphatic carbocycles. The number of hydrogen-bond acceptors (Lipinski definition) is 11. The molecule has 70 heavy (non-hydrogen) atoms. The Morgan fingerprint density at radius 1 is 0.857 bits per heavy atom. The van der Waals surface area contributed by atoms with Gasteiger partial charge in [-0.15, -0.1) is 11.8 Å². The maximum absolute atomic E-state index is 15.4. The smallest absolute Gasteiger partial charge is 0.380 e. The Morgan fingerprint density at radius 2 is 1.54 bits per heavy atom. The van der Waals surface area contributed by atoms with E-state index in [2.05, 4.69) is 35.9 Å². The molecule has 1 unspecified atom stereocenters. The number of carbonyl (C=O) groups excluding carboxylic acids is 1. The molecule has 4 aromatic carbocycles. The van der Waals surface area contributed by atoms with E-state index in [1.165, 1.54) is 23.9 Å². The van der Waals surface area contributed by atoms with Crippen molar-refractivity contribution in [2.24, 2.45) is 5.41 Å². The summed E-state index contributed by atoms with van der Waals surface area (Å²) >= 11 is 7.42. The fourth-order valence-electron chi connectivity index (χ4n) is 8.95. The van der Waals surface area contributed by atoms with Gasteiger partial charge in [0.25, 0.3) is 25.8 Å². The fourth-order valence-corrected chi connectivity index (χ4v) is 12.1. The monoisotopic (exact) mass is 1050 g/mol. The molecule has 378 valence electrons. The lowest BCUT2D eigenvalue weighted by Crippen LogP contribution is -2.53. The molecule has 4 aliphatic rings. The van der Waals surface area contributed by atoms with Gasteiger partial charge in [-0.2, -0.15) is 13.2 Å². The van der Waals surface area contributed by atoms with E-state index in [-0.39, 0.29) is 32.2 Å². The number of nitrogens with zero attached hydrogens (tertiary/aromatic N) is 4. The molecule has 8 rings (SSSR count). The van der Waals surface area contributed by atoms with Gasteiger partial charge >= 0.3 is 5.51 Å². The van der Waals surface area contributed by atoms with Crippen LogP contribution in [0.15, 0.2) is 111 Å². The third kappa shape index (κ3) is 12.5. The van der Waals surface area contributed by atoms with Crippen LogP contribution in [-0.2, 0) is 19.9 Å². The van der Waals surface area contributed by atoms with Crippen molar-refractivity contribution in [3.8, 4) is 0 Å². The summed E-state index contributed by atoms with van der Waals surface area (Å²) in [5.74, 6) is -1.77. The van der Waals surface area contributed by atoms with Crippen LogP contribution in [-0.4, -0.2) is 126 Å². The molecule has 1 amide bonds. The predicted octanol–water partition coefficient (Wildman–Crippen LogP) is 9.81. The zero-order valence-electron chi connectivity index (χ0n) is 46.9. The second kappa shape index (κ2) is 21.1. The number of halogens is 5. The largest absolute Gasteiger partial charge is 0.501 e. The topological polar surface area (TPSA) is 122 Å². The Kier molecular flexibility index (Phi) is 12.8. The molecule has 0 bridgehead atoms. The second-order valence-electron chi connectivity index (χ2n) is 19.1. The average molecular weight is 1050 g/mol. The number of allylic oxidation sites excluding steroid dienone is 1. The quantitative estimate of drug-likeness (QED) is 0.0824. The molecular weight excluding hydrogens is 984 g/mol. The summed E-state index contributed by atoms with van der Waals surface area (Å²) < 4.78 is 187. The third-order valence-electron chi connectivity index (χ3n) is 13.2. The van der Waals surface area contributed by atoms with Crippen LogP contribution in [0.5, 0.6) is 0 Å². The molecular formula is C51H61ClF4N6O5S3. The van der Waals surface area contributed by atoms with Crippen molar-refractivity contribution in [2.75, 3.05) is 81.2 Å². The molecule has 2 saturated heterocycles. The normalized spacial score (nSPS) is 23.6. The Balaban J connectivity index is 1.03. The number of benzene rings is 4. The number of amides is 1. The standard InChI is InChI=1S/C51H61ClF4N6O5S3/c1-49(2,3)62-29-25-59(26-30-62)22-18-39(35-68-41-7-5-4-6-8-41)57-46-16-14-42(32-47(46)69(64,65)51(54,55)56)70(66,67)58-48(63)36-9-12-40(13-10-36)61-27-23-60(24-28-61)34-37-33-50(20-21-50)19-17-43(37)44-15-11-38(52)31-45(44)53/h4-16,31-32,39,57H,17-30,33-35H2,1-3H3,(H,58,63)/i23D2,24D2,27D2,28D2. The average Bonchev–Trinajstić information content (AvgIpc) is 4.24. The van der Waals surface area contributed by atoms with Crippen LogP contribution >= 0.6 is 23.4 Å². The molecule has 19 heteroatoms. The minimum absolute atomic E-state index is 0.0394. The Labute approximate surface area is 430 Å². The van der Waals surface area contributed by atoms with Gasteiger partial charge in [-0.3, -0.25) is 14.6 Å². The molecule has 2 heterocycles. The van der Waals surface area contributed by atoms with E-state index >= 15 is 4.39 Å². The summed E-state index contributed by atoms with van der Waals surface area (Å²) in [4.78, 5) is 17.3. The van der Waals surface area contributed by atoms with Crippen molar-refractivity contribution in [3.63, 3.8) is 0 Å². The number of hydrogen-bond donors (Lipinski definition) is 2. The van der Waals surface area contributed by atoms with Crippen LogP contribution in [0.3, 0.4) is 0 Å². The predicted molar refractivity (Wildman–Crippen MR) is 270 cm³/mol. The number of sulfonamides is 1. The van der Waals surface area contributed by atoms with Crippen LogP contribution in [0.25, 0.3) is 5.57 Å². The van der Waals surface area contributed by atoms with Gasteiger partial charge in [0.05, 0.1) is 16.1 Å².